The lowest BCUT2D eigenvalue weighted by atomic mass is 10.0. The molecule has 1 aromatic carbocycles. The van der Waals surface area contributed by atoms with Gasteiger partial charge in [0.15, 0.2) is 0 Å². The van der Waals surface area contributed by atoms with E-state index in [1.54, 1.807) is 24.3 Å². The van der Waals surface area contributed by atoms with Gasteiger partial charge >= 0.3 is 0 Å². The number of imide groups is 1. The molecule has 0 spiro atoms. The summed E-state index contributed by atoms with van der Waals surface area (Å²) in [5.41, 5.74) is 9.09. The summed E-state index contributed by atoms with van der Waals surface area (Å²) in [6.07, 6.45) is 0.844. The maximum atomic E-state index is 13.0. The van der Waals surface area contributed by atoms with Crippen LogP contribution < -0.4 is 10.6 Å². The smallest absolute Gasteiger partial charge is 0.264 e. The molecule has 27 heavy (non-hydrogen) atoms. The number of nitrogens with zero attached hydrogens (tertiary/aromatic N) is 2. The Morgan fingerprint density at radius 1 is 1.26 bits per heavy atom. The van der Waals surface area contributed by atoms with Gasteiger partial charge in [0.25, 0.3) is 11.8 Å². The van der Waals surface area contributed by atoms with Gasteiger partial charge in [0.2, 0.25) is 0 Å². The van der Waals surface area contributed by atoms with Gasteiger partial charge in [-0.2, -0.15) is 0 Å². The number of nitrogens with two attached hydrogens (primary N) is 1. The van der Waals surface area contributed by atoms with Crippen LogP contribution in [-0.2, 0) is 16.0 Å². The summed E-state index contributed by atoms with van der Waals surface area (Å²) in [5.74, 6) is -0.235. The fourth-order valence-corrected chi connectivity index (χ4v) is 4.80. The van der Waals surface area contributed by atoms with Crippen LogP contribution in [0.5, 0.6) is 0 Å². The lowest BCUT2D eigenvalue weighted by Crippen LogP contribution is -2.31. The van der Waals surface area contributed by atoms with Crippen molar-refractivity contribution in [2.75, 3.05) is 4.90 Å². The first kappa shape index (κ1) is 18.1. The third-order valence-corrected chi connectivity index (χ3v) is 5.99. The Hall–Kier alpha value is -2.31. The molecule has 0 unspecified atom stereocenters. The molecule has 0 saturated carbocycles. The van der Waals surface area contributed by atoms with Crippen LogP contribution in [0.4, 0.5) is 5.69 Å². The first-order chi connectivity index (χ1) is 12.9. The van der Waals surface area contributed by atoms with Crippen LogP contribution in [0, 0.1) is 5.92 Å². The van der Waals surface area contributed by atoms with Gasteiger partial charge in [-0.1, -0.05) is 43.3 Å². The van der Waals surface area contributed by atoms with Crippen LogP contribution in [0.1, 0.15) is 25.1 Å². The van der Waals surface area contributed by atoms with E-state index in [1.165, 1.54) is 11.8 Å². The van der Waals surface area contributed by atoms with Crippen molar-refractivity contribution in [1.29, 1.82) is 0 Å². The van der Waals surface area contributed by atoms with Crippen molar-refractivity contribution in [3.63, 3.8) is 0 Å². The number of fused-ring (bicyclic) bond motifs is 2. The second-order valence-electron chi connectivity index (χ2n) is 7.04. The van der Waals surface area contributed by atoms with E-state index < -0.39 is 11.2 Å². The number of thioether (sulfide) groups is 1. The monoisotopic (exact) mass is 399 g/mol. The molecule has 2 aliphatic rings. The van der Waals surface area contributed by atoms with Crippen LogP contribution in [0.3, 0.4) is 0 Å². The molecule has 7 heteroatoms. The molecule has 2 aliphatic heterocycles. The molecule has 3 heterocycles. The zero-order chi connectivity index (χ0) is 19.3. The summed E-state index contributed by atoms with van der Waals surface area (Å²) in [7, 11) is 0. The quantitative estimate of drug-likeness (QED) is 0.797. The minimum atomic E-state index is -0.675. The molecule has 138 valence electrons. The first-order valence-electron chi connectivity index (χ1n) is 8.67. The average Bonchev–Trinajstić information content (AvgIpc) is 2.85. The summed E-state index contributed by atoms with van der Waals surface area (Å²) in [5, 5.41) is 0.486. The highest BCUT2D eigenvalue weighted by Gasteiger charge is 2.49. The molecule has 1 atom stereocenters. The molecular weight excluding hydrogens is 382 g/mol. The first-order valence-corrected chi connectivity index (χ1v) is 9.93. The molecule has 4 rings (SSSR count). The normalized spacial score (nSPS) is 19.0. The molecular formula is C20H18ClN3O2S. The van der Waals surface area contributed by atoms with Gasteiger partial charge in [0.05, 0.1) is 17.0 Å². The number of halogens is 1. The Balaban J connectivity index is 1.76. The van der Waals surface area contributed by atoms with Crippen molar-refractivity contribution in [2.24, 2.45) is 11.7 Å². The standard InChI is InChI=1S/C20H18ClN3O2S/c1-10(2)8-12-6-7-14-16(22)15-17(27-18(14)23-12)20(26)24(19(15)25)13-5-3-4-11(21)9-13/h3-7,9-10,17H,8,22H2,1-2H3/t17-/m0/s1. The largest absolute Gasteiger partial charge is 0.398 e. The molecule has 5 nitrogen and oxygen atoms in total. The van der Waals surface area contributed by atoms with Crippen LogP contribution in [0.15, 0.2) is 47.0 Å². The number of rotatable bonds is 3. The number of amides is 2. The summed E-state index contributed by atoms with van der Waals surface area (Å²) >= 11 is 7.32. The van der Waals surface area contributed by atoms with Crippen LogP contribution in [0.25, 0.3) is 5.70 Å². The molecule has 1 aromatic heterocycles. The minimum absolute atomic E-state index is 0.313. The fraction of sp³-hybridized carbons (Fsp3) is 0.250. The van der Waals surface area contributed by atoms with Gasteiger partial charge in [0.1, 0.15) is 10.3 Å². The molecule has 1 fully saturated rings. The van der Waals surface area contributed by atoms with E-state index in [9.17, 15) is 9.59 Å². The van der Waals surface area contributed by atoms with Gasteiger partial charge in [0, 0.05) is 16.3 Å². The number of anilines is 1. The van der Waals surface area contributed by atoms with E-state index in [2.05, 4.69) is 18.8 Å². The zero-order valence-corrected chi connectivity index (χ0v) is 16.5. The maximum absolute atomic E-state index is 13.0. The Morgan fingerprint density at radius 2 is 2.04 bits per heavy atom. The Labute approximate surface area is 166 Å². The number of carbonyl (C=O) groups excluding carboxylic acids is 2. The highest BCUT2D eigenvalue weighted by Crippen LogP contribution is 2.45. The molecule has 0 radical (unpaired) electrons. The average molecular weight is 400 g/mol. The maximum Gasteiger partial charge on any atom is 0.264 e. The lowest BCUT2D eigenvalue weighted by Gasteiger charge is -2.20. The Morgan fingerprint density at radius 3 is 2.74 bits per heavy atom. The van der Waals surface area contributed by atoms with E-state index >= 15 is 0 Å². The zero-order valence-electron chi connectivity index (χ0n) is 14.9. The van der Waals surface area contributed by atoms with E-state index in [0.717, 1.165) is 17.0 Å². The van der Waals surface area contributed by atoms with Crippen molar-refractivity contribution >= 4 is 46.6 Å². The van der Waals surface area contributed by atoms with Gasteiger partial charge < -0.3 is 5.73 Å². The molecule has 0 aliphatic carbocycles. The van der Waals surface area contributed by atoms with Crippen molar-refractivity contribution in [3.05, 3.63) is 58.3 Å². The van der Waals surface area contributed by atoms with Gasteiger partial charge in [-0.05, 0) is 42.7 Å². The second-order valence-corrected chi connectivity index (χ2v) is 8.57. The van der Waals surface area contributed by atoms with Gasteiger partial charge in [-0.25, -0.2) is 9.88 Å². The Bertz CT molecular complexity index is 1000. The van der Waals surface area contributed by atoms with Gasteiger partial charge in [-0.15, -0.1) is 0 Å². The number of carbonyl (C=O) groups is 2. The Kier molecular flexibility index (Phi) is 4.48. The number of aromatic nitrogens is 1. The lowest BCUT2D eigenvalue weighted by molar-refractivity contribution is -0.120. The second kappa shape index (κ2) is 6.69. The molecule has 2 N–H and O–H groups in total. The molecule has 2 aromatic rings. The van der Waals surface area contributed by atoms with Gasteiger partial charge in [-0.3, -0.25) is 9.59 Å². The summed E-state index contributed by atoms with van der Waals surface area (Å²) in [4.78, 5) is 31.8. The van der Waals surface area contributed by atoms with E-state index in [-0.39, 0.29) is 5.91 Å². The number of benzene rings is 1. The predicted octanol–water partition coefficient (Wildman–Crippen LogP) is 3.65. The highest BCUT2D eigenvalue weighted by molar-refractivity contribution is 8.01. The minimum Gasteiger partial charge on any atom is -0.398 e. The summed E-state index contributed by atoms with van der Waals surface area (Å²) in [6.45, 7) is 4.26. The van der Waals surface area contributed by atoms with Crippen molar-refractivity contribution in [2.45, 2.75) is 30.5 Å². The van der Waals surface area contributed by atoms with E-state index in [4.69, 9.17) is 17.3 Å². The predicted molar refractivity (Wildman–Crippen MR) is 107 cm³/mol. The molecule has 0 bridgehead atoms. The van der Waals surface area contributed by atoms with E-state index in [1.807, 2.05) is 12.1 Å². The van der Waals surface area contributed by atoms with Crippen molar-refractivity contribution in [3.8, 4) is 0 Å². The number of hydrogen-bond donors (Lipinski definition) is 1. The van der Waals surface area contributed by atoms with E-state index in [0.29, 0.717) is 38.5 Å². The highest BCUT2D eigenvalue weighted by atomic mass is 35.5. The fourth-order valence-electron chi connectivity index (χ4n) is 3.36. The van der Waals surface area contributed by atoms with Crippen LogP contribution in [-0.4, -0.2) is 22.0 Å². The number of pyridine rings is 1. The van der Waals surface area contributed by atoms with Crippen molar-refractivity contribution < 1.29 is 9.59 Å². The third-order valence-electron chi connectivity index (χ3n) is 4.55. The molecule has 2 amide bonds. The molecule has 1 saturated heterocycles. The third kappa shape index (κ3) is 3.03. The number of hydrogen-bond acceptors (Lipinski definition) is 5. The van der Waals surface area contributed by atoms with Crippen LogP contribution >= 0.6 is 23.4 Å². The summed E-state index contributed by atoms with van der Waals surface area (Å²) in [6, 6.07) is 10.5. The topological polar surface area (TPSA) is 76.3 Å². The summed E-state index contributed by atoms with van der Waals surface area (Å²) < 4.78 is 0. The SMILES string of the molecule is CC(C)Cc1ccc2c(n1)S[C@@H]1C(=O)N(c3cccc(Cl)c3)C(=O)C1=C2N. The van der Waals surface area contributed by atoms with Crippen LogP contribution in [0.2, 0.25) is 5.02 Å². The van der Waals surface area contributed by atoms with Crippen molar-refractivity contribution in [1.82, 2.24) is 4.98 Å².